The molecule has 27 heavy (non-hydrogen) atoms. The van der Waals surface area contributed by atoms with Crippen LogP contribution in [0, 0.1) is 18.6 Å². The predicted molar refractivity (Wildman–Crippen MR) is 99.7 cm³/mol. The van der Waals surface area contributed by atoms with Crippen molar-refractivity contribution in [2.75, 3.05) is 18.4 Å². The van der Waals surface area contributed by atoms with Crippen LogP contribution in [0.4, 0.5) is 19.3 Å². The molecular weight excluding hydrogens is 350 g/mol. The number of piperidine rings is 1. The zero-order chi connectivity index (χ0) is 19.0. The number of hydrogen-bond acceptors (Lipinski definition) is 2. The van der Waals surface area contributed by atoms with Crippen molar-refractivity contribution in [3.8, 4) is 0 Å². The number of carbonyl (C=O) groups excluding carboxylic acids is 1. The van der Waals surface area contributed by atoms with Crippen LogP contribution in [0.25, 0.3) is 11.0 Å². The summed E-state index contributed by atoms with van der Waals surface area (Å²) in [6.45, 7) is 3.03. The third-order valence-corrected chi connectivity index (χ3v) is 5.06. The number of urea groups is 1. The topological polar surface area (TPSA) is 50.2 Å². The molecule has 5 nitrogen and oxygen atoms in total. The summed E-state index contributed by atoms with van der Waals surface area (Å²) in [5.41, 5.74) is 1.73. The highest BCUT2D eigenvalue weighted by atomic mass is 19.1. The van der Waals surface area contributed by atoms with Crippen LogP contribution in [0.15, 0.2) is 42.5 Å². The van der Waals surface area contributed by atoms with E-state index < -0.39 is 5.82 Å². The van der Waals surface area contributed by atoms with Crippen molar-refractivity contribution < 1.29 is 13.6 Å². The number of para-hydroxylation sites is 1. The van der Waals surface area contributed by atoms with Crippen molar-refractivity contribution in [2.45, 2.75) is 25.8 Å². The molecule has 2 aromatic carbocycles. The van der Waals surface area contributed by atoms with E-state index in [0.717, 1.165) is 24.2 Å². The molecule has 1 aliphatic rings. The van der Waals surface area contributed by atoms with E-state index >= 15 is 0 Å². The molecule has 2 heterocycles. The van der Waals surface area contributed by atoms with Crippen molar-refractivity contribution in [3.63, 3.8) is 0 Å². The quantitative estimate of drug-likeness (QED) is 0.722. The van der Waals surface area contributed by atoms with E-state index in [9.17, 15) is 13.6 Å². The fraction of sp³-hybridized carbons (Fsp3) is 0.300. The summed E-state index contributed by atoms with van der Waals surface area (Å²) in [5, 5.41) is 2.63. The number of likely N-dealkylation sites (tertiary alicyclic amines) is 1. The number of rotatable bonds is 2. The Hall–Kier alpha value is -2.96. The second-order valence-electron chi connectivity index (χ2n) is 6.79. The van der Waals surface area contributed by atoms with Gasteiger partial charge in [0.15, 0.2) is 0 Å². The fourth-order valence-electron chi connectivity index (χ4n) is 3.74. The molecule has 0 aliphatic carbocycles. The van der Waals surface area contributed by atoms with Gasteiger partial charge in [0.25, 0.3) is 0 Å². The second-order valence-corrected chi connectivity index (χ2v) is 6.79. The minimum Gasteiger partial charge on any atom is -0.325 e. The molecule has 7 heteroatoms. The fourth-order valence-corrected chi connectivity index (χ4v) is 3.74. The van der Waals surface area contributed by atoms with Crippen LogP contribution in [-0.4, -0.2) is 33.6 Å². The Bertz CT molecular complexity index is 993. The number of hydrogen-bond donors (Lipinski definition) is 1. The van der Waals surface area contributed by atoms with Gasteiger partial charge < -0.3 is 14.8 Å². The summed E-state index contributed by atoms with van der Waals surface area (Å²) in [4.78, 5) is 18.6. The number of aromatic nitrogens is 2. The minimum atomic E-state index is -0.450. The maximum Gasteiger partial charge on any atom is 0.321 e. The molecule has 0 radical (unpaired) electrons. The van der Waals surface area contributed by atoms with Crippen molar-refractivity contribution >= 4 is 22.8 Å². The van der Waals surface area contributed by atoms with E-state index in [4.69, 9.17) is 0 Å². The highest BCUT2D eigenvalue weighted by Crippen LogP contribution is 2.29. The summed E-state index contributed by atoms with van der Waals surface area (Å²) in [5.74, 6) is 0.0881. The Morgan fingerprint density at radius 1 is 1.15 bits per heavy atom. The summed E-state index contributed by atoms with van der Waals surface area (Å²) in [6, 6.07) is 10.7. The van der Waals surface area contributed by atoms with Crippen LogP contribution in [0.1, 0.15) is 24.7 Å². The molecule has 3 aromatic rings. The third kappa shape index (κ3) is 3.37. The van der Waals surface area contributed by atoms with Gasteiger partial charge in [-0.05, 0) is 44.0 Å². The number of aryl methyl sites for hydroxylation is 1. The first-order chi connectivity index (χ1) is 13.0. The van der Waals surface area contributed by atoms with Gasteiger partial charge in [-0.15, -0.1) is 0 Å². The maximum atomic E-state index is 13.7. The van der Waals surface area contributed by atoms with Crippen molar-refractivity contribution in [1.29, 1.82) is 0 Å². The van der Waals surface area contributed by atoms with Gasteiger partial charge in [0.2, 0.25) is 0 Å². The first kappa shape index (κ1) is 17.5. The van der Waals surface area contributed by atoms with Crippen LogP contribution in [0.5, 0.6) is 0 Å². The van der Waals surface area contributed by atoms with Gasteiger partial charge >= 0.3 is 6.03 Å². The molecule has 0 bridgehead atoms. The zero-order valence-electron chi connectivity index (χ0n) is 15.0. The largest absolute Gasteiger partial charge is 0.325 e. The Labute approximate surface area is 155 Å². The monoisotopic (exact) mass is 370 g/mol. The van der Waals surface area contributed by atoms with E-state index in [1.165, 1.54) is 18.2 Å². The standard InChI is InChI=1S/C20H20F2N4O/c1-13-23-18-12-14(21)6-7-19(18)26(13)15-8-10-25(11-9-15)20(27)24-17-5-3-2-4-16(17)22/h2-7,12,15H,8-11H2,1H3,(H,24,27). The molecule has 4 rings (SSSR count). The van der Waals surface area contributed by atoms with Gasteiger partial charge in [-0.3, -0.25) is 0 Å². The first-order valence-corrected chi connectivity index (χ1v) is 8.97. The predicted octanol–water partition coefficient (Wildman–Crippen LogP) is 4.49. The zero-order valence-corrected chi connectivity index (χ0v) is 15.0. The van der Waals surface area contributed by atoms with Crippen molar-refractivity contribution in [3.05, 3.63) is 59.9 Å². The summed E-state index contributed by atoms with van der Waals surface area (Å²) >= 11 is 0. The average molecular weight is 370 g/mol. The van der Waals surface area contributed by atoms with Crippen LogP contribution in [-0.2, 0) is 0 Å². The smallest absolute Gasteiger partial charge is 0.321 e. The number of imidazole rings is 1. The van der Waals surface area contributed by atoms with Gasteiger partial charge in [-0.2, -0.15) is 0 Å². The number of carbonyl (C=O) groups is 1. The lowest BCUT2D eigenvalue weighted by molar-refractivity contribution is 0.184. The lowest BCUT2D eigenvalue weighted by Crippen LogP contribution is -2.41. The molecule has 0 saturated carbocycles. The Morgan fingerprint density at radius 2 is 1.89 bits per heavy atom. The van der Waals surface area contributed by atoms with Crippen LogP contribution < -0.4 is 5.32 Å². The maximum absolute atomic E-state index is 13.7. The van der Waals surface area contributed by atoms with Crippen molar-refractivity contribution in [2.24, 2.45) is 0 Å². The minimum absolute atomic E-state index is 0.183. The van der Waals surface area contributed by atoms with Crippen LogP contribution in [0.3, 0.4) is 0 Å². The molecule has 2 amide bonds. The third-order valence-electron chi connectivity index (χ3n) is 5.06. The molecule has 1 saturated heterocycles. The molecule has 0 atom stereocenters. The van der Waals surface area contributed by atoms with Crippen molar-refractivity contribution in [1.82, 2.24) is 14.5 Å². The van der Waals surface area contributed by atoms with E-state index in [-0.39, 0.29) is 23.6 Å². The number of nitrogens with zero attached hydrogens (tertiary/aromatic N) is 3. The normalized spacial score (nSPS) is 15.3. The first-order valence-electron chi connectivity index (χ1n) is 8.97. The molecule has 0 spiro atoms. The van der Waals surface area contributed by atoms with Crippen LogP contribution >= 0.6 is 0 Å². The number of nitrogens with one attached hydrogen (secondary N) is 1. The van der Waals surface area contributed by atoms with E-state index in [0.29, 0.717) is 18.6 Å². The van der Waals surface area contributed by atoms with E-state index in [1.807, 2.05) is 6.92 Å². The summed E-state index contributed by atoms with van der Waals surface area (Å²) in [6.07, 6.45) is 1.52. The lowest BCUT2D eigenvalue weighted by atomic mass is 10.0. The van der Waals surface area contributed by atoms with E-state index in [1.54, 1.807) is 29.2 Å². The lowest BCUT2D eigenvalue weighted by Gasteiger charge is -2.33. The SMILES string of the molecule is Cc1nc2cc(F)ccc2n1C1CCN(C(=O)Nc2ccccc2F)CC1. The van der Waals surface area contributed by atoms with Gasteiger partial charge in [0.1, 0.15) is 17.5 Å². The number of anilines is 1. The van der Waals surface area contributed by atoms with E-state index in [2.05, 4.69) is 14.9 Å². The summed E-state index contributed by atoms with van der Waals surface area (Å²) in [7, 11) is 0. The van der Waals surface area contributed by atoms with Gasteiger partial charge in [-0.25, -0.2) is 18.6 Å². The summed E-state index contributed by atoms with van der Waals surface area (Å²) < 4.78 is 29.3. The van der Waals surface area contributed by atoms with Gasteiger partial charge in [-0.1, -0.05) is 12.1 Å². The van der Waals surface area contributed by atoms with Crippen LogP contribution in [0.2, 0.25) is 0 Å². The van der Waals surface area contributed by atoms with Gasteiger partial charge in [0, 0.05) is 25.2 Å². The highest BCUT2D eigenvalue weighted by molar-refractivity contribution is 5.89. The Kier molecular flexibility index (Phi) is 4.51. The molecule has 1 fully saturated rings. The average Bonchev–Trinajstić information content (AvgIpc) is 2.98. The second kappa shape index (κ2) is 6.98. The number of halogens is 2. The Balaban J connectivity index is 1.46. The molecule has 0 unspecified atom stereocenters. The molecule has 1 aromatic heterocycles. The van der Waals surface area contributed by atoms with Gasteiger partial charge in [0.05, 0.1) is 16.7 Å². The molecule has 1 N–H and O–H groups in total. The number of fused-ring (bicyclic) bond motifs is 1. The number of benzene rings is 2. The molecule has 140 valence electrons. The highest BCUT2D eigenvalue weighted by Gasteiger charge is 2.26. The number of amides is 2. The molecular formula is C20H20F2N4O. The Morgan fingerprint density at radius 3 is 2.63 bits per heavy atom. The molecule has 1 aliphatic heterocycles.